The molecule has 2 N–H and O–H groups in total. The second-order valence-electron chi connectivity index (χ2n) is 5.72. The second-order valence-corrected chi connectivity index (χ2v) is 5.72. The fourth-order valence-electron chi connectivity index (χ4n) is 2.67. The molecule has 1 heterocycles. The fraction of sp³-hybridized carbons (Fsp3) is 0.846. The van der Waals surface area contributed by atoms with Gasteiger partial charge in [-0.25, -0.2) is 0 Å². The highest BCUT2D eigenvalue weighted by molar-refractivity contribution is 5.03. The van der Waals surface area contributed by atoms with E-state index < -0.39 is 0 Å². The number of rotatable bonds is 3. The Morgan fingerprint density at radius 2 is 1.88 bits per heavy atom. The van der Waals surface area contributed by atoms with Gasteiger partial charge in [0.1, 0.15) is 11.6 Å². The largest absolute Gasteiger partial charge is 0.328 e. The number of nitrogens with two attached hydrogens (primary N) is 1. The van der Waals surface area contributed by atoms with Gasteiger partial charge in [-0.3, -0.25) is 0 Å². The van der Waals surface area contributed by atoms with Crippen LogP contribution in [0.25, 0.3) is 0 Å². The summed E-state index contributed by atoms with van der Waals surface area (Å²) in [6.45, 7) is 7.55. The van der Waals surface area contributed by atoms with Crippen LogP contribution >= 0.6 is 0 Å². The maximum absolute atomic E-state index is 5.96. The summed E-state index contributed by atoms with van der Waals surface area (Å²) in [5, 5.41) is 8.64. The van der Waals surface area contributed by atoms with Gasteiger partial charge >= 0.3 is 0 Å². The van der Waals surface area contributed by atoms with Crippen molar-refractivity contribution in [3.8, 4) is 0 Å². The van der Waals surface area contributed by atoms with Crippen LogP contribution in [0.3, 0.4) is 0 Å². The molecule has 0 spiro atoms. The van der Waals surface area contributed by atoms with Gasteiger partial charge in [0.2, 0.25) is 0 Å². The van der Waals surface area contributed by atoms with Crippen LogP contribution < -0.4 is 5.73 Å². The van der Waals surface area contributed by atoms with Gasteiger partial charge in [-0.15, -0.1) is 10.2 Å². The fourth-order valence-corrected chi connectivity index (χ4v) is 2.67. The first kappa shape index (κ1) is 12.6. The Morgan fingerprint density at radius 3 is 2.47 bits per heavy atom. The van der Waals surface area contributed by atoms with E-state index in [1.807, 2.05) is 6.92 Å². The van der Waals surface area contributed by atoms with Gasteiger partial charge in [0, 0.05) is 18.5 Å². The first-order valence-corrected chi connectivity index (χ1v) is 6.73. The molecule has 0 bridgehead atoms. The monoisotopic (exact) mass is 236 g/mol. The first-order valence-electron chi connectivity index (χ1n) is 6.73. The minimum absolute atomic E-state index is 0.397. The lowest BCUT2D eigenvalue weighted by Crippen LogP contribution is -2.27. The zero-order valence-corrected chi connectivity index (χ0v) is 11.2. The minimum Gasteiger partial charge on any atom is -0.328 e. The van der Waals surface area contributed by atoms with Crippen molar-refractivity contribution >= 4 is 0 Å². The summed E-state index contributed by atoms with van der Waals surface area (Å²) in [4.78, 5) is 0. The van der Waals surface area contributed by atoms with E-state index in [0.717, 1.165) is 38.1 Å². The van der Waals surface area contributed by atoms with Crippen LogP contribution in [0.1, 0.15) is 57.1 Å². The van der Waals surface area contributed by atoms with E-state index in [2.05, 4.69) is 28.6 Å². The van der Waals surface area contributed by atoms with Crippen LogP contribution in [-0.4, -0.2) is 20.8 Å². The molecule has 2 rings (SSSR count). The molecule has 0 radical (unpaired) electrons. The lowest BCUT2D eigenvalue weighted by molar-refractivity contribution is 0.368. The molecule has 1 aromatic rings. The quantitative estimate of drug-likeness (QED) is 0.875. The van der Waals surface area contributed by atoms with Crippen molar-refractivity contribution in [2.45, 2.75) is 65.0 Å². The van der Waals surface area contributed by atoms with E-state index >= 15 is 0 Å². The standard InChI is InChI=1S/C13H24N4/c1-9(2)8-17-10(3)15-16-13(17)11-4-6-12(14)7-5-11/h9,11-12H,4-8,14H2,1-3H3. The molecule has 4 heteroatoms. The minimum atomic E-state index is 0.397. The van der Waals surface area contributed by atoms with Gasteiger partial charge in [0.05, 0.1) is 0 Å². The molecule has 1 aromatic heterocycles. The van der Waals surface area contributed by atoms with Crippen LogP contribution in [0.4, 0.5) is 0 Å². The van der Waals surface area contributed by atoms with Gasteiger partial charge < -0.3 is 10.3 Å². The zero-order valence-electron chi connectivity index (χ0n) is 11.2. The molecule has 1 aliphatic carbocycles. The molecular formula is C13H24N4. The molecule has 1 aliphatic rings. The van der Waals surface area contributed by atoms with E-state index in [-0.39, 0.29) is 0 Å². The Kier molecular flexibility index (Phi) is 3.82. The second kappa shape index (κ2) is 5.17. The van der Waals surface area contributed by atoms with Crippen molar-refractivity contribution in [1.29, 1.82) is 0 Å². The van der Waals surface area contributed by atoms with Crippen molar-refractivity contribution in [2.24, 2.45) is 11.7 Å². The average Bonchev–Trinajstić information content (AvgIpc) is 2.61. The Balaban J connectivity index is 2.14. The molecule has 96 valence electrons. The topological polar surface area (TPSA) is 56.7 Å². The van der Waals surface area contributed by atoms with Crippen LogP contribution in [0.2, 0.25) is 0 Å². The lowest BCUT2D eigenvalue weighted by atomic mass is 9.86. The maximum Gasteiger partial charge on any atom is 0.136 e. The molecule has 0 atom stereocenters. The Morgan fingerprint density at radius 1 is 1.24 bits per heavy atom. The molecule has 0 unspecified atom stereocenters. The SMILES string of the molecule is Cc1nnc(C2CCC(N)CC2)n1CC(C)C. The average molecular weight is 236 g/mol. The summed E-state index contributed by atoms with van der Waals surface area (Å²) in [6, 6.07) is 0.397. The summed E-state index contributed by atoms with van der Waals surface area (Å²) in [6.07, 6.45) is 4.57. The smallest absolute Gasteiger partial charge is 0.136 e. The Bertz CT molecular complexity index is 361. The zero-order chi connectivity index (χ0) is 12.4. The van der Waals surface area contributed by atoms with Gasteiger partial charge in [-0.2, -0.15) is 0 Å². The molecule has 0 aliphatic heterocycles. The summed E-state index contributed by atoms with van der Waals surface area (Å²) in [5.41, 5.74) is 5.96. The van der Waals surface area contributed by atoms with Crippen LogP contribution in [0.15, 0.2) is 0 Å². The highest BCUT2D eigenvalue weighted by Crippen LogP contribution is 2.31. The summed E-state index contributed by atoms with van der Waals surface area (Å²) in [7, 11) is 0. The summed E-state index contributed by atoms with van der Waals surface area (Å²) < 4.78 is 2.30. The van der Waals surface area contributed by atoms with Crippen molar-refractivity contribution < 1.29 is 0 Å². The predicted octanol–water partition coefficient (Wildman–Crippen LogP) is 2.23. The maximum atomic E-state index is 5.96. The van der Waals surface area contributed by atoms with Gasteiger partial charge in [-0.1, -0.05) is 13.8 Å². The van der Waals surface area contributed by atoms with Gasteiger partial charge in [0.25, 0.3) is 0 Å². The highest BCUT2D eigenvalue weighted by Gasteiger charge is 2.25. The molecule has 4 nitrogen and oxygen atoms in total. The van der Waals surface area contributed by atoms with Crippen LogP contribution in [0.5, 0.6) is 0 Å². The third kappa shape index (κ3) is 2.86. The number of aryl methyl sites for hydroxylation is 1. The molecule has 1 fully saturated rings. The summed E-state index contributed by atoms with van der Waals surface area (Å²) >= 11 is 0. The lowest BCUT2D eigenvalue weighted by Gasteiger charge is -2.26. The molecule has 0 saturated heterocycles. The van der Waals surface area contributed by atoms with E-state index in [4.69, 9.17) is 5.73 Å². The van der Waals surface area contributed by atoms with E-state index in [9.17, 15) is 0 Å². The molecule has 0 aromatic carbocycles. The van der Waals surface area contributed by atoms with Crippen LogP contribution in [0, 0.1) is 12.8 Å². The third-order valence-corrected chi connectivity index (χ3v) is 3.65. The number of nitrogens with zero attached hydrogens (tertiary/aromatic N) is 3. The molecule has 0 amide bonds. The molecular weight excluding hydrogens is 212 g/mol. The molecule has 17 heavy (non-hydrogen) atoms. The Labute approximate surface area is 104 Å². The van der Waals surface area contributed by atoms with Crippen molar-refractivity contribution in [3.05, 3.63) is 11.6 Å². The first-order chi connectivity index (χ1) is 8.08. The van der Waals surface area contributed by atoms with Crippen molar-refractivity contribution in [3.63, 3.8) is 0 Å². The number of hydrogen-bond acceptors (Lipinski definition) is 3. The van der Waals surface area contributed by atoms with E-state index in [0.29, 0.717) is 17.9 Å². The number of hydrogen-bond donors (Lipinski definition) is 1. The van der Waals surface area contributed by atoms with E-state index in [1.165, 1.54) is 5.82 Å². The van der Waals surface area contributed by atoms with Gasteiger partial charge in [-0.05, 0) is 38.5 Å². The summed E-state index contributed by atoms with van der Waals surface area (Å²) in [5.74, 6) is 3.43. The third-order valence-electron chi connectivity index (χ3n) is 3.65. The number of aromatic nitrogens is 3. The molecule has 1 saturated carbocycles. The van der Waals surface area contributed by atoms with Crippen LogP contribution in [-0.2, 0) is 6.54 Å². The van der Waals surface area contributed by atoms with Gasteiger partial charge in [0.15, 0.2) is 0 Å². The highest BCUT2D eigenvalue weighted by atomic mass is 15.3. The van der Waals surface area contributed by atoms with Crippen molar-refractivity contribution in [2.75, 3.05) is 0 Å². The van der Waals surface area contributed by atoms with E-state index in [1.54, 1.807) is 0 Å². The van der Waals surface area contributed by atoms with Crippen molar-refractivity contribution in [1.82, 2.24) is 14.8 Å². The predicted molar refractivity (Wildman–Crippen MR) is 68.8 cm³/mol. The normalized spacial score (nSPS) is 25.5. The Hall–Kier alpha value is -0.900.